The minimum atomic E-state index is -0.621. The lowest BCUT2D eigenvalue weighted by Gasteiger charge is -2.11. The van der Waals surface area contributed by atoms with E-state index in [4.69, 9.17) is 28.5 Å². The summed E-state index contributed by atoms with van der Waals surface area (Å²) in [5.74, 6) is 1.59. The van der Waals surface area contributed by atoms with Gasteiger partial charge in [0.15, 0.2) is 0 Å². The van der Waals surface area contributed by atoms with Crippen molar-refractivity contribution in [2.75, 3.05) is 40.6 Å². The minimum Gasteiger partial charge on any atom is -0.494 e. The van der Waals surface area contributed by atoms with Gasteiger partial charge < -0.3 is 24.1 Å². The molecule has 0 fully saturated rings. The van der Waals surface area contributed by atoms with Crippen LogP contribution in [0.4, 0.5) is 0 Å². The number of hydrogen-bond acceptors (Lipinski definition) is 8. The zero-order valence-corrected chi connectivity index (χ0v) is 20.6. The Kier molecular flexibility index (Phi) is 20.0. The van der Waals surface area contributed by atoms with E-state index in [1.165, 1.54) is 12.2 Å². The third kappa shape index (κ3) is 16.7. The van der Waals surface area contributed by atoms with Gasteiger partial charge in [-0.3, -0.25) is 9.59 Å². The minimum absolute atomic E-state index is 0.214. The predicted molar refractivity (Wildman–Crippen MR) is 135 cm³/mol. The monoisotopic (exact) mass is 490 g/mol. The molecule has 2 aromatic carbocycles. The molecule has 1 atom stereocenters. The van der Waals surface area contributed by atoms with E-state index in [-0.39, 0.29) is 13.2 Å². The van der Waals surface area contributed by atoms with Crippen LogP contribution < -0.4 is 9.47 Å². The normalized spacial score (nSPS) is 10.3. The fourth-order valence-corrected chi connectivity index (χ4v) is 2.99. The second-order valence-electron chi connectivity index (χ2n) is 6.40. The van der Waals surface area contributed by atoms with Crippen LogP contribution in [0.25, 0.3) is 0 Å². The van der Waals surface area contributed by atoms with Crippen LogP contribution in [0.15, 0.2) is 83.6 Å². The molecule has 0 aliphatic heterocycles. The number of aliphatic hydroxyl groups excluding tert-OH is 1. The first kappa shape index (κ1) is 31.1. The van der Waals surface area contributed by atoms with Gasteiger partial charge in [-0.1, -0.05) is 24.9 Å². The fourth-order valence-electron chi connectivity index (χ4n) is 2.17. The third-order valence-corrected chi connectivity index (χ3v) is 4.65. The summed E-state index contributed by atoms with van der Waals surface area (Å²) >= 11 is 1.67. The third-order valence-electron chi connectivity index (χ3n) is 3.64. The van der Waals surface area contributed by atoms with Gasteiger partial charge in [0.05, 0.1) is 13.2 Å². The smallest absolute Gasteiger partial charge is 0.142 e. The van der Waals surface area contributed by atoms with Crippen LogP contribution in [0.5, 0.6) is 11.5 Å². The quantitative estimate of drug-likeness (QED) is 0.237. The van der Waals surface area contributed by atoms with Gasteiger partial charge in [-0.15, -0.1) is 0 Å². The molecule has 186 valence electrons. The molecule has 0 amide bonds. The first-order valence-corrected chi connectivity index (χ1v) is 11.3. The standard InChI is InChI=1S/C20H26O5S.2C3H4O/c1-22-12-3-13-24-17-4-8-19(9-5-17)26-20-10-6-18(7-11-20)25-15-16(21)14-23-2;2*1-2-3-4/h4-11,16,21H,3,12-15H2,1-2H3;2*2-3H,1H2. The van der Waals surface area contributed by atoms with Gasteiger partial charge in [0.1, 0.15) is 36.8 Å². The number of ether oxygens (including phenoxy) is 4. The number of rotatable bonds is 14. The predicted octanol–water partition coefficient (Wildman–Crippen LogP) is 4.38. The van der Waals surface area contributed by atoms with E-state index in [0.717, 1.165) is 27.7 Å². The van der Waals surface area contributed by atoms with Crippen molar-refractivity contribution in [3.8, 4) is 11.5 Å². The number of methoxy groups -OCH3 is 2. The molecule has 34 heavy (non-hydrogen) atoms. The lowest BCUT2D eigenvalue weighted by atomic mass is 10.3. The Morgan fingerprint density at radius 1 is 0.794 bits per heavy atom. The van der Waals surface area contributed by atoms with Crippen LogP contribution in [0, 0.1) is 0 Å². The molecule has 7 nitrogen and oxygen atoms in total. The molecule has 0 aliphatic rings. The average Bonchev–Trinajstić information content (AvgIpc) is 2.87. The van der Waals surface area contributed by atoms with Crippen molar-refractivity contribution >= 4 is 24.3 Å². The number of carbonyl (C=O) groups is 2. The van der Waals surface area contributed by atoms with E-state index in [1.54, 1.807) is 26.0 Å². The molecular formula is C26H34O7S. The van der Waals surface area contributed by atoms with Crippen molar-refractivity contribution in [1.82, 2.24) is 0 Å². The lowest BCUT2D eigenvalue weighted by molar-refractivity contribution is -0.104. The molecule has 2 aromatic rings. The van der Waals surface area contributed by atoms with Crippen LogP contribution >= 0.6 is 11.8 Å². The number of allylic oxidation sites excluding steroid dienone is 2. The summed E-state index contributed by atoms with van der Waals surface area (Å²) in [4.78, 5) is 20.4. The molecule has 0 spiro atoms. The highest BCUT2D eigenvalue weighted by Crippen LogP contribution is 2.30. The van der Waals surface area contributed by atoms with E-state index in [9.17, 15) is 5.11 Å². The molecule has 1 unspecified atom stereocenters. The van der Waals surface area contributed by atoms with Crippen molar-refractivity contribution < 1.29 is 33.6 Å². The Bertz CT molecular complexity index is 768. The van der Waals surface area contributed by atoms with Crippen molar-refractivity contribution in [3.63, 3.8) is 0 Å². The van der Waals surface area contributed by atoms with Gasteiger partial charge in [0.2, 0.25) is 0 Å². The average molecular weight is 491 g/mol. The molecule has 0 bridgehead atoms. The summed E-state index contributed by atoms with van der Waals surface area (Å²) in [5.41, 5.74) is 0. The largest absolute Gasteiger partial charge is 0.494 e. The van der Waals surface area contributed by atoms with Gasteiger partial charge in [0, 0.05) is 37.0 Å². The van der Waals surface area contributed by atoms with Crippen molar-refractivity contribution in [2.24, 2.45) is 0 Å². The molecule has 0 radical (unpaired) electrons. The maximum Gasteiger partial charge on any atom is 0.142 e. The maximum atomic E-state index is 9.59. The first-order chi connectivity index (χ1) is 16.5. The van der Waals surface area contributed by atoms with Crippen LogP contribution in [-0.4, -0.2) is 64.4 Å². The molecule has 0 saturated carbocycles. The van der Waals surface area contributed by atoms with E-state index < -0.39 is 6.10 Å². The summed E-state index contributed by atoms with van der Waals surface area (Å²) in [6.07, 6.45) is 3.92. The number of hydrogen-bond donors (Lipinski definition) is 1. The Morgan fingerprint density at radius 2 is 1.26 bits per heavy atom. The summed E-state index contributed by atoms with van der Waals surface area (Å²) < 4.78 is 21.1. The van der Waals surface area contributed by atoms with Crippen LogP contribution in [0.3, 0.4) is 0 Å². The molecule has 0 saturated heterocycles. The van der Waals surface area contributed by atoms with E-state index in [2.05, 4.69) is 13.2 Å². The summed E-state index contributed by atoms with van der Waals surface area (Å²) in [6, 6.07) is 15.8. The second-order valence-corrected chi connectivity index (χ2v) is 7.55. The highest BCUT2D eigenvalue weighted by Gasteiger charge is 2.05. The molecule has 0 aliphatic carbocycles. The van der Waals surface area contributed by atoms with Crippen molar-refractivity contribution in [2.45, 2.75) is 22.3 Å². The molecule has 1 N–H and O–H groups in total. The van der Waals surface area contributed by atoms with Gasteiger partial charge in [-0.2, -0.15) is 0 Å². The first-order valence-electron chi connectivity index (χ1n) is 10.5. The zero-order chi connectivity index (χ0) is 25.4. The lowest BCUT2D eigenvalue weighted by Crippen LogP contribution is -2.22. The van der Waals surface area contributed by atoms with Gasteiger partial charge in [0.25, 0.3) is 0 Å². The van der Waals surface area contributed by atoms with E-state index in [1.807, 2.05) is 48.5 Å². The number of aldehydes is 2. The topological polar surface area (TPSA) is 91.3 Å². The van der Waals surface area contributed by atoms with Crippen molar-refractivity contribution in [1.29, 1.82) is 0 Å². The number of aliphatic hydroxyl groups is 1. The van der Waals surface area contributed by atoms with Crippen LogP contribution in [0.1, 0.15) is 6.42 Å². The summed E-state index contributed by atoms with van der Waals surface area (Å²) in [5, 5.41) is 9.59. The fraction of sp³-hybridized carbons (Fsp3) is 0.308. The van der Waals surface area contributed by atoms with Crippen LogP contribution in [-0.2, 0) is 19.1 Å². The highest BCUT2D eigenvalue weighted by atomic mass is 32.2. The Balaban J connectivity index is 0.00000118. The Labute approximate surface area is 206 Å². The van der Waals surface area contributed by atoms with Gasteiger partial charge in [-0.25, -0.2) is 0 Å². The van der Waals surface area contributed by atoms with Crippen molar-refractivity contribution in [3.05, 3.63) is 73.8 Å². The summed E-state index contributed by atoms with van der Waals surface area (Å²) in [6.45, 7) is 8.06. The summed E-state index contributed by atoms with van der Waals surface area (Å²) in [7, 11) is 3.24. The SMILES string of the molecule is C=CC=O.C=CC=O.COCCCOc1ccc(Sc2ccc(OCC(O)COC)cc2)cc1. The zero-order valence-electron chi connectivity index (χ0n) is 19.8. The second kappa shape index (κ2) is 21.9. The molecule has 8 heteroatoms. The van der Waals surface area contributed by atoms with Gasteiger partial charge in [-0.05, 0) is 60.7 Å². The molecule has 2 rings (SSSR count). The number of carbonyl (C=O) groups excluding carboxylic acids is 2. The Hall–Kier alpha value is -2.91. The Morgan fingerprint density at radius 3 is 1.68 bits per heavy atom. The van der Waals surface area contributed by atoms with E-state index in [0.29, 0.717) is 25.8 Å². The molecular weight excluding hydrogens is 456 g/mol. The highest BCUT2D eigenvalue weighted by molar-refractivity contribution is 7.99. The van der Waals surface area contributed by atoms with Crippen LogP contribution in [0.2, 0.25) is 0 Å². The molecule has 0 heterocycles. The molecule has 0 aromatic heterocycles. The maximum absolute atomic E-state index is 9.59. The number of benzene rings is 2. The van der Waals surface area contributed by atoms with E-state index >= 15 is 0 Å². The van der Waals surface area contributed by atoms with Gasteiger partial charge >= 0.3 is 0 Å².